The summed E-state index contributed by atoms with van der Waals surface area (Å²) in [4.78, 5) is 4.36. The van der Waals surface area contributed by atoms with Crippen LogP contribution in [0.2, 0.25) is 0 Å². The van der Waals surface area contributed by atoms with Gasteiger partial charge in [-0.3, -0.25) is 4.98 Å². The first-order chi connectivity index (χ1) is 32.1. The van der Waals surface area contributed by atoms with E-state index >= 15 is 0 Å². The van der Waals surface area contributed by atoms with E-state index in [1.807, 2.05) is 30.6 Å². The maximum Gasteiger partial charge on any atom is 0.0346 e. The van der Waals surface area contributed by atoms with Crippen molar-refractivity contribution < 1.29 is 0 Å². The van der Waals surface area contributed by atoms with Crippen LogP contribution in [0.4, 0.5) is 0 Å². The Kier molecular flexibility index (Phi) is 10.4. The highest BCUT2D eigenvalue weighted by molar-refractivity contribution is 6.19. The van der Waals surface area contributed by atoms with E-state index in [4.69, 9.17) is 0 Å². The van der Waals surface area contributed by atoms with Crippen molar-refractivity contribution in [2.24, 2.45) is 0 Å². The third kappa shape index (κ3) is 7.24. The van der Waals surface area contributed by atoms with Crippen LogP contribution in [0.3, 0.4) is 0 Å². The molecule has 0 fully saturated rings. The summed E-state index contributed by atoms with van der Waals surface area (Å²) in [6, 6.07) is 75.6. The second-order valence-electron chi connectivity index (χ2n) is 16.7. The molecule has 65 heavy (non-hydrogen) atoms. The summed E-state index contributed by atoms with van der Waals surface area (Å²) >= 11 is 0. The number of hydrogen-bond acceptors (Lipinski definition) is 1. The molecule has 0 saturated carbocycles. The second kappa shape index (κ2) is 17.1. The lowest BCUT2D eigenvalue weighted by atomic mass is 9.78. The molecule has 306 valence electrons. The molecule has 0 atom stereocenters. The number of benzene rings is 9. The first-order valence-electron chi connectivity index (χ1n) is 22.3. The van der Waals surface area contributed by atoms with Crippen molar-refractivity contribution in [3.8, 4) is 100 Å². The van der Waals surface area contributed by atoms with Gasteiger partial charge in [-0.15, -0.1) is 0 Å². The first-order valence-corrected chi connectivity index (χ1v) is 22.3. The van der Waals surface area contributed by atoms with Crippen LogP contribution in [-0.2, 0) is 0 Å². The maximum absolute atomic E-state index is 4.36. The van der Waals surface area contributed by atoms with Crippen LogP contribution < -0.4 is 0 Å². The number of aromatic nitrogens is 1. The van der Waals surface area contributed by atoms with E-state index in [0.717, 1.165) is 16.7 Å². The fourth-order valence-electron chi connectivity index (χ4n) is 9.88. The standard InChI is InChI=1S/C64H45N/c1-3-4-8-19-43(2)61-59(41-58(44-20-9-5-10-21-44)62(45-22-11-6-12-23-45)63(61)46-24-13-7-14-25-46)51-29-16-28-50(39-51)53-35-36-57-54-34-33-49(40-60(54)56-32-17-31-55(53)64(56)57)47-26-15-27-48(38-47)52-30-18-37-65-42-52/h3-42H,1H2,2H3/b8-4-,43-19+. The van der Waals surface area contributed by atoms with Crippen LogP contribution in [0.25, 0.3) is 116 Å². The van der Waals surface area contributed by atoms with E-state index in [-0.39, 0.29) is 0 Å². The van der Waals surface area contributed by atoms with Crippen molar-refractivity contribution >= 4 is 16.3 Å². The van der Waals surface area contributed by atoms with Crippen molar-refractivity contribution in [1.82, 2.24) is 4.98 Å². The summed E-state index contributed by atoms with van der Waals surface area (Å²) in [6.07, 6.45) is 11.9. The Balaban J connectivity index is 1.09. The SMILES string of the molecule is C=C/C=C\C=C(/C)c1c(-c2cccc(-c3ccc4c5c(cccc35)-c3cc(-c5cccc(-c6cccnc6)c5)ccc3-4)c2)cc(-c2ccccc2)c(-c2ccccc2)c1-c1ccccc1. The van der Waals surface area contributed by atoms with Crippen LogP contribution >= 0.6 is 0 Å². The van der Waals surface area contributed by atoms with Crippen molar-refractivity contribution in [1.29, 1.82) is 0 Å². The molecule has 1 heterocycles. The van der Waals surface area contributed by atoms with Crippen molar-refractivity contribution in [3.63, 3.8) is 0 Å². The molecule has 1 heteroatoms. The molecule has 0 unspecified atom stereocenters. The quantitative estimate of drug-likeness (QED) is 0.125. The molecule has 0 bridgehead atoms. The summed E-state index contributed by atoms with van der Waals surface area (Å²) in [5.74, 6) is 0. The fraction of sp³-hybridized carbons (Fsp3) is 0.0156. The van der Waals surface area contributed by atoms with Crippen molar-refractivity contribution in [2.45, 2.75) is 6.92 Å². The molecule has 10 aromatic rings. The molecule has 0 N–H and O–H groups in total. The minimum absolute atomic E-state index is 1.12. The molecule has 0 saturated heterocycles. The zero-order valence-electron chi connectivity index (χ0n) is 36.2. The first kappa shape index (κ1) is 39.5. The zero-order chi connectivity index (χ0) is 43.7. The molecular formula is C64H45N. The molecule has 0 radical (unpaired) electrons. The van der Waals surface area contributed by atoms with E-state index in [0.29, 0.717) is 0 Å². The summed E-state index contributed by atoms with van der Waals surface area (Å²) < 4.78 is 0. The molecule has 1 aliphatic carbocycles. The maximum atomic E-state index is 4.36. The molecule has 0 amide bonds. The van der Waals surface area contributed by atoms with E-state index in [9.17, 15) is 0 Å². The van der Waals surface area contributed by atoms with Crippen LogP contribution in [0.1, 0.15) is 12.5 Å². The number of fused-ring (bicyclic) bond motifs is 3. The van der Waals surface area contributed by atoms with E-state index in [2.05, 4.69) is 231 Å². The molecular weight excluding hydrogens is 783 g/mol. The van der Waals surface area contributed by atoms with Crippen LogP contribution in [0.5, 0.6) is 0 Å². The third-order valence-corrected chi connectivity index (χ3v) is 12.8. The van der Waals surface area contributed by atoms with Gasteiger partial charge in [-0.25, -0.2) is 0 Å². The molecule has 1 nitrogen and oxygen atoms in total. The van der Waals surface area contributed by atoms with Gasteiger partial charge in [0.1, 0.15) is 0 Å². The largest absolute Gasteiger partial charge is 0.264 e. The molecule has 0 spiro atoms. The van der Waals surface area contributed by atoms with Crippen molar-refractivity contribution in [2.75, 3.05) is 0 Å². The Hall–Kier alpha value is -8.39. The van der Waals surface area contributed by atoms with Crippen LogP contribution in [0.15, 0.2) is 250 Å². The molecule has 0 aliphatic heterocycles. The number of pyridine rings is 1. The summed E-state index contributed by atoms with van der Waals surface area (Å²) in [5, 5.41) is 2.57. The highest BCUT2D eigenvalue weighted by atomic mass is 14.6. The van der Waals surface area contributed by atoms with Crippen molar-refractivity contribution in [3.05, 3.63) is 255 Å². The van der Waals surface area contributed by atoms with E-state index < -0.39 is 0 Å². The lowest BCUT2D eigenvalue weighted by molar-refractivity contribution is 1.33. The molecule has 11 rings (SSSR count). The topological polar surface area (TPSA) is 12.9 Å². The second-order valence-corrected chi connectivity index (χ2v) is 16.7. The normalized spacial score (nSPS) is 11.9. The fourth-order valence-corrected chi connectivity index (χ4v) is 9.88. The smallest absolute Gasteiger partial charge is 0.0346 e. The Labute approximate surface area is 381 Å². The van der Waals surface area contributed by atoms with E-state index in [1.165, 1.54) is 105 Å². The summed E-state index contributed by atoms with van der Waals surface area (Å²) in [7, 11) is 0. The summed E-state index contributed by atoms with van der Waals surface area (Å²) in [6.45, 7) is 6.20. The Morgan fingerprint density at radius 2 is 0.938 bits per heavy atom. The Morgan fingerprint density at radius 3 is 1.65 bits per heavy atom. The van der Waals surface area contributed by atoms with Gasteiger partial charge in [-0.05, 0) is 154 Å². The van der Waals surface area contributed by atoms with Gasteiger partial charge >= 0.3 is 0 Å². The minimum Gasteiger partial charge on any atom is -0.264 e. The highest BCUT2D eigenvalue weighted by Gasteiger charge is 2.26. The van der Waals surface area contributed by atoms with Gasteiger partial charge in [0.2, 0.25) is 0 Å². The van der Waals surface area contributed by atoms with Gasteiger partial charge < -0.3 is 0 Å². The molecule has 1 aliphatic rings. The number of rotatable bonds is 10. The minimum atomic E-state index is 1.12. The van der Waals surface area contributed by atoms with Gasteiger partial charge in [-0.1, -0.05) is 207 Å². The average Bonchev–Trinajstić information content (AvgIpc) is 3.70. The Morgan fingerprint density at radius 1 is 0.385 bits per heavy atom. The van der Waals surface area contributed by atoms with Gasteiger partial charge in [0.25, 0.3) is 0 Å². The van der Waals surface area contributed by atoms with Crippen LogP contribution in [-0.4, -0.2) is 4.98 Å². The van der Waals surface area contributed by atoms with Crippen LogP contribution in [0, 0.1) is 0 Å². The van der Waals surface area contributed by atoms with Gasteiger partial charge in [0.15, 0.2) is 0 Å². The Bertz CT molecular complexity index is 3470. The number of nitrogens with zero attached hydrogens (tertiary/aromatic N) is 1. The number of hydrogen-bond donors (Lipinski definition) is 0. The number of allylic oxidation sites excluding steroid dienone is 5. The average molecular weight is 828 g/mol. The predicted molar refractivity (Wildman–Crippen MR) is 277 cm³/mol. The predicted octanol–water partition coefficient (Wildman–Crippen LogP) is 17.7. The van der Waals surface area contributed by atoms with Gasteiger partial charge in [-0.2, -0.15) is 0 Å². The highest BCUT2D eigenvalue weighted by Crippen LogP contribution is 2.52. The van der Waals surface area contributed by atoms with E-state index in [1.54, 1.807) is 0 Å². The third-order valence-electron chi connectivity index (χ3n) is 12.8. The molecule has 1 aromatic heterocycles. The summed E-state index contributed by atoms with van der Waals surface area (Å²) in [5.41, 5.74) is 24.1. The monoisotopic (exact) mass is 827 g/mol. The van der Waals surface area contributed by atoms with Gasteiger partial charge in [0.05, 0.1) is 0 Å². The lowest BCUT2D eigenvalue weighted by Crippen LogP contribution is -2.00. The zero-order valence-corrected chi connectivity index (χ0v) is 36.2. The van der Waals surface area contributed by atoms with Gasteiger partial charge in [0, 0.05) is 18.0 Å². The lowest BCUT2D eigenvalue weighted by Gasteiger charge is -2.25. The molecule has 9 aromatic carbocycles.